The van der Waals surface area contributed by atoms with Crippen LogP contribution < -0.4 is 4.74 Å². The highest BCUT2D eigenvalue weighted by molar-refractivity contribution is 5.68. The Labute approximate surface area is 117 Å². The number of fused-ring (bicyclic) bond motifs is 1. The summed E-state index contributed by atoms with van der Waals surface area (Å²) >= 11 is 0. The van der Waals surface area contributed by atoms with Crippen LogP contribution in [0.5, 0.6) is 5.75 Å². The van der Waals surface area contributed by atoms with Crippen LogP contribution in [0.15, 0.2) is 12.4 Å². The van der Waals surface area contributed by atoms with Crippen molar-refractivity contribution >= 4 is 6.09 Å². The van der Waals surface area contributed by atoms with Crippen LogP contribution in [0.2, 0.25) is 0 Å². The third-order valence-electron chi connectivity index (χ3n) is 2.71. The molecule has 6 nitrogen and oxygen atoms in total. The summed E-state index contributed by atoms with van der Waals surface area (Å²) in [6, 6.07) is 2.04. The molecule has 1 aromatic heterocycles. The van der Waals surface area contributed by atoms with Crippen LogP contribution in [0.4, 0.5) is 4.79 Å². The zero-order valence-corrected chi connectivity index (χ0v) is 11.8. The molecule has 1 aliphatic rings. The maximum absolute atomic E-state index is 12.1. The van der Waals surface area contributed by atoms with Crippen molar-refractivity contribution in [1.82, 2.24) is 9.88 Å². The first-order chi connectivity index (χ1) is 9.40. The quantitative estimate of drug-likeness (QED) is 0.724. The summed E-state index contributed by atoms with van der Waals surface area (Å²) in [6.07, 6.45) is 2.68. The molecule has 0 spiro atoms. The minimum absolute atomic E-state index is 0.324. The molecule has 0 aromatic carbocycles. The maximum atomic E-state index is 12.1. The lowest BCUT2D eigenvalue weighted by Crippen LogP contribution is -2.37. The van der Waals surface area contributed by atoms with Crippen molar-refractivity contribution in [3.8, 4) is 11.8 Å². The van der Waals surface area contributed by atoms with Gasteiger partial charge in [-0.05, 0) is 20.8 Å². The normalized spacial score (nSPS) is 14.6. The molecule has 0 saturated heterocycles. The van der Waals surface area contributed by atoms with E-state index in [0.717, 1.165) is 0 Å². The highest BCUT2D eigenvalue weighted by atomic mass is 16.6. The van der Waals surface area contributed by atoms with Gasteiger partial charge in [0, 0.05) is 18.0 Å². The number of rotatable bonds is 0. The number of pyridine rings is 1. The Bertz CT molecular complexity index is 558. The number of nitriles is 1. The Balaban J connectivity index is 2.21. The van der Waals surface area contributed by atoms with Gasteiger partial charge in [0.2, 0.25) is 0 Å². The molecule has 0 fully saturated rings. The predicted molar refractivity (Wildman–Crippen MR) is 71.1 cm³/mol. The largest absolute Gasteiger partial charge is 0.490 e. The lowest BCUT2D eigenvalue weighted by Gasteiger charge is -2.25. The monoisotopic (exact) mass is 275 g/mol. The smallest absolute Gasteiger partial charge is 0.410 e. The minimum Gasteiger partial charge on any atom is -0.490 e. The van der Waals surface area contributed by atoms with Crippen molar-refractivity contribution in [2.24, 2.45) is 0 Å². The number of ether oxygens (including phenoxy) is 2. The van der Waals surface area contributed by atoms with Crippen LogP contribution in [0, 0.1) is 11.3 Å². The molecule has 0 radical (unpaired) electrons. The standard InChI is InChI=1S/C14H17N3O3/c1-14(2,3)20-13(18)17-4-5-19-12-10(6-15)7-16-8-11(12)9-17/h7-8H,4-5,9H2,1-3H3. The zero-order chi connectivity index (χ0) is 14.8. The minimum atomic E-state index is -0.542. The number of aromatic nitrogens is 1. The Kier molecular flexibility index (Phi) is 3.79. The predicted octanol–water partition coefficient (Wildman–Crippen LogP) is 2.08. The molecular weight excluding hydrogens is 258 g/mol. The SMILES string of the molecule is CC(C)(C)OC(=O)N1CCOc2c(C#N)cncc2C1. The van der Waals surface area contributed by atoms with Gasteiger partial charge in [0.15, 0.2) is 0 Å². The highest BCUT2D eigenvalue weighted by Gasteiger charge is 2.26. The summed E-state index contributed by atoms with van der Waals surface area (Å²) in [5.41, 5.74) is 0.556. The first-order valence-electron chi connectivity index (χ1n) is 6.38. The molecule has 106 valence electrons. The van der Waals surface area contributed by atoms with Gasteiger partial charge in [0.1, 0.15) is 29.6 Å². The number of amides is 1. The second-order valence-electron chi connectivity index (χ2n) is 5.54. The van der Waals surface area contributed by atoms with Crippen molar-refractivity contribution in [3.63, 3.8) is 0 Å². The number of hydrogen-bond acceptors (Lipinski definition) is 5. The van der Waals surface area contributed by atoms with E-state index >= 15 is 0 Å². The van der Waals surface area contributed by atoms with Crippen LogP contribution in [0.3, 0.4) is 0 Å². The summed E-state index contributed by atoms with van der Waals surface area (Å²) in [4.78, 5) is 17.6. The fraction of sp³-hybridized carbons (Fsp3) is 0.500. The summed E-state index contributed by atoms with van der Waals surface area (Å²) in [5.74, 6) is 0.508. The third-order valence-corrected chi connectivity index (χ3v) is 2.71. The second kappa shape index (κ2) is 5.37. The molecule has 1 aliphatic heterocycles. The van der Waals surface area contributed by atoms with Gasteiger partial charge in [-0.25, -0.2) is 4.79 Å². The van der Waals surface area contributed by atoms with Crippen molar-refractivity contribution < 1.29 is 14.3 Å². The summed E-state index contributed by atoms with van der Waals surface area (Å²) in [6.45, 7) is 6.53. The number of hydrogen-bond donors (Lipinski definition) is 0. The van der Waals surface area contributed by atoms with Crippen LogP contribution in [-0.4, -0.2) is 34.7 Å². The van der Waals surface area contributed by atoms with Gasteiger partial charge >= 0.3 is 6.09 Å². The average Bonchev–Trinajstić information content (AvgIpc) is 2.58. The van der Waals surface area contributed by atoms with E-state index in [1.807, 2.05) is 26.8 Å². The molecule has 20 heavy (non-hydrogen) atoms. The molecule has 0 bridgehead atoms. The van der Waals surface area contributed by atoms with E-state index in [0.29, 0.717) is 36.6 Å². The van der Waals surface area contributed by atoms with Crippen molar-refractivity contribution in [2.45, 2.75) is 32.9 Å². The van der Waals surface area contributed by atoms with E-state index in [4.69, 9.17) is 14.7 Å². The van der Waals surface area contributed by atoms with Crippen molar-refractivity contribution in [3.05, 3.63) is 23.5 Å². The topological polar surface area (TPSA) is 75.4 Å². The number of carbonyl (C=O) groups excluding carboxylic acids is 1. The fourth-order valence-corrected chi connectivity index (χ4v) is 1.88. The lowest BCUT2D eigenvalue weighted by molar-refractivity contribution is 0.0225. The average molecular weight is 275 g/mol. The molecule has 1 aromatic rings. The Morgan fingerprint density at radius 3 is 2.90 bits per heavy atom. The molecule has 0 N–H and O–H groups in total. The fourth-order valence-electron chi connectivity index (χ4n) is 1.88. The Morgan fingerprint density at radius 2 is 2.25 bits per heavy atom. The van der Waals surface area contributed by atoms with E-state index in [2.05, 4.69) is 4.98 Å². The molecule has 6 heteroatoms. The van der Waals surface area contributed by atoms with Gasteiger partial charge in [-0.1, -0.05) is 0 Å². The summed E-state index contributed by atoms with van der Waals surface area (Å²) in [5, 5.41) is 9.04. The molecule has 0 saturated carbocycles. The van der Waals surface area contributed by atoms with E-state index in [1.165, 1.54) is 6.20 Å². The van der Waals surface area contributed by atoms with Crippen LogP contribution in [0.1, 0.15) is 31.9 Å². The van der Waals surface area contributed by atoms with Crippen molar-refractivity contribution in [2.75, 3.05) is 13.2 Å². The van der Waals surface area contributed by atoms with Crippen LogP contribution >= 0.6 is 0 Å². The van der Waals surface area contributed by atoms with E-state index < -0.39 is 11.7 Å². The maximum Gasteiger partial charge on any atom is 0.410 e. The Hall–Kier alpha value is -2.29. The van der Waals surface area contributed by atoms with E-state index in [9.17, 15) is 4.79 Å². The molecule has 1 amide bonds. The Morgan fingerprint density at radius 1 is 1.50 bits per heavy atom. The lowest BCUT2D eigenvalue weighted by atomic mass is 10.2. The van der Waals surface area contributed by atoms with E-state index in [1.54, 1.807) is 11.1 Å². The number of nitrogens with zero attached hydrogens (tertiary/aromatic N) is 3. The highest BCUT2D eigenvalue weighted by Crippen LogP contribution is 2.26. The van der Waals surface area contributed by atoms with Gasteiger partial charge in [0.05, 0.1) is 13.1 Å². The molecular formula is C14H17N3O3. The van der Waals surface area contributed by atoms with Gasteiger partial charge in [-0.15, -0.1) is 0 Å². The van der Waals surface area contributed by atoms with Crippen molar-refractivity contribution in [1.29, 1.82) is 5.26 Å². The van der Waals surface area contributed by atoms with Gasteiger partial charge in [0.25, 0.3) is 0 Å². The summed E-state index contributed by atoms with van der Waals surface area (Å²) < 4.78 is 10.9. The molecule has 0 atom stereocenters. The van der Waals surface area contributed by atoms with Gasteiger partial charge in [-0.2, -0.15) is 5.26 Å². The molecule has 2 rings (SSSR count). The molecule has 0 unspecified atom stereocenters. The molecule has 2 heterocycles. The van der Waals surface area contributed by atoms with Gasteiger partial charge < -0.3 is 14.4 Å². The van der Waals surface area contributed by atoms with Crippen LogP contribution in [0.25, 0.3) is 0 Å². The van der Waals surface area contributed by atoms with Crippen LogP contribution in [-0.2, 0) is 11.3 Å². The number of carbonyl (C=O) groups is 1. The third kappa shape index (κ3) is 3.18. The van der Waals surface area contributed by atoms with E-state index in [-0.39, 0.29) is 0 Å². The molecule has 0 aliphatic carbocycles. The second-order valence-corrected chi connectivity index (χ2v) is 5.54. The zero-order valence-electron chi connectivity index (χ0n) is 11.8. The first kappa shape index (κ1) is 14.1. The first-order valence-corrected chi connectivity index (χ1v) is 6.38. The summed E-state index contributed by atoms with van der Waals surface area (Å²) in [7, 11) is 0. The van der Waals surface area contributed by atoms with Gasteiger partial charge in [-0.3, -0.25) is 4.98 Å².